The third-order valence-corrected chi connectivity index (χ3v) is 6.03. The average Bonchev–Trinajstić information content (AvgIpc) is 2.83. The Hall–Kier alpha value is -2.98. The summed E-state index contributed by atoms with van der Waals surface area (Å²) in [7, 11) is 0. The minimum Gasteiger partial charge on any atom is -0.393 e. The molecule has 0 aromatic carbocycles. The van der Waals surface area contributed by atoms with E-state index < -0.39 is 48.1 Å². The van der Waals surface area contributed by atoms with Crippen LogP contribution in [0.4, 0.5) is 0 Å². The van der Waals surface area contributed by atoms with E-state index in [1.807, 2.05) is 6.08 Å². The van der Waals surface area contributed by atoms with Gasteiger partial charge in [-0.2, -0.15) is 0 Å². The second-order valence-corrected chi connectivity index (χ2v) is 10.2. The Kier molecular flexibility index (Phi) is 15.9. The highest BCUT2D eigenvalue weighted by Crippen LogP contribution is 2.10. The highest BCUT2D eigenvalue weighted by atomic mass is 16.3. The fourth-order valence-electron chi connectivity index (χ4n) is 3.82. The Morgan fingerprint density at radius 3 is 2.58 bits per heavy atom. The molecule has 4 amide bonds. The summed E-state index contributed by atoms with van der Waals surface area (Å²) in [6, 6.07) is -2.92. The molecular weight excluding hydrogens is 488 g/mol. The first-order valence-corrected chi connectivity index (χ1v) is 13.6. The Morgan fingerprint density at radius 1 is 1.16 bits per heavy atom. The lowest BCUT2D eigenvalue weighted by molar-refractivity contribution is -0.134. The molecule has 0 aromatic rings. The fraction of sp³-hybridized carbons (Fsp3) is 0.643. The van der Waals surface area contributed by atoms with E-state index in [4.69, 9.17) is 0 Å². The van der Waals surface area contributed by atoms with Crippen molar-refractivity contribution in [1.29, 1.82) is 0 Å². The van der Waals surface area contributed by atoms with Gasteiger partial charge in [-0.3, -0.25) is 19.2 Å². The molecule has 38 heavy (non-hydrogen) atoms. The van der Waals surface area contributed by atoms with Crippen LogP contribution in [0.25, 0.3) is 0 Å². The van der Waals surface area contributed by atoms with Crippen molar-refractivity contribution in [2.24, 2.45) is 5.92 Å². The van der Waals surface area contributed by atoms with E-state index in [1.54, 1.807) is 19.1 Å². The smallest absolute Gasteiger partial charge is 0.245 e. The monoisotopic (exact) mass is 534 g/mol. The molecule has 1 rings (SSSR count). The number of amides is 4. The maximum absolute atomic E-state index is 12.9. The lowest BCUT2D eigenvalue weighted by Crippen LogP contribution is -2.58. The summed E-state index contributed by atoms with van der Waals surface area (Å²) in [5, 5.41) is 30.8. The van der Waals surface area contributed by atoms with Crippen LogP contribution in [-0.2, 0) is 19.2 Å². The molecule has 0 aliphatic carbocycles. The summed E-state index contributed by atoms with van der Waals surface area (Å²) in [6.07, 6.45) is 12.9. The van der Waals surface area contributed by atoms with Crippen LogP contribution in [0.2, 0.25) is 0 Å². The van der Waals surface area contributed by atoms with E-state index in [0.29, 0.717) is 0 Å². The molecular formula is C28H46N4O6. The second kappa shape index (κ2) is 18.3. The van der Waals surface area contributed by atoms with Crippen LogP contribution in [0, 0.1) is 5.92 Å². The van der Waals surface area contributed by atoms with Crippen LogP contribution in [0.1, 0.15) is 72.6 Å². The van der Waals surface area contributed by atoms with Crippen molar-refractivity contribution in [3.8, 4) is 0 Å². The number of carbonyl (C=O) groups excluding carboxylic acids is 4. The molecule has 0 spiro atoms. The van der Waals surface area contributed by atoms with Crippen molar-refractivity contribution in [2.75, 3.05) is 6.54 Å². The van der Waals surface area contributed by atoms with Crippen LogP contribution < -0.4 is 21.3 Å². The van der Waals surface area contributed by atoms with E-state index in [9.17, 15) is 29.4 Å². The Bertz CT molecular complexity index is 852. The van der Waals surface area contributed by atoms with Gasteiger partial charge in [0, 0.05) is 31.2 Å². The summed E-state index contributed by atoms with van der Waals surface area (Å²) in [4.78, 5) is 49.8. The van der Waals surface area contributed by atoms with Gasteiger partial charge in [0.2, 0.25) is 23.6 Å². The molecule has 5 atom stereocenters. The SMILES string of the molecule is CC(C)CCCCC/C=C/C=C/C(=O)N[C@H](C(=O)N[C@H]1C[C@@H](O)CCNC(=O)/C=C\[C@H](C)NC1=O)[C@@H](C)O. The zero-order chi connectivity index (χ0) is 28.5. The third kappa shape index (κ3) is 14.7. The van der Waals surface area contributed by atoms with Crippen molar-refractivity contribution < 1.29 is 29.4 Å². The maximum atomic E-state index is 12.9. The first-order valence-electron chi connectivity index (χ1n) is 13.6. The van der Waals surface area contributed by atoms with Gasteiger partial charge in [0.25, 0.3) is 0 Å². The van der Waals surface area contributed by atoms with Gasteiger partial charge in [0.15, 0.2) is 0 Å². The number of aliphatic hydroxyl groups is 2. The molecule has 1 heterocycles. The molecule has 0 aromatic heterocycles. The van der Waals surface area contributed by atoms with Crippen molar-refractivity contribution in [3.63, 3.8) is 0 Å². The fourth-order valence-corrected chi connectivity index (χ4v) is 3.82. The molecule has 214 valence electrons. The second-order valence-electron chi connectivity index (χ2n) is 10.2. The van der Waals surface area contributed by atoms with E-state index >= 15 is 0 Å². The molecule has 1 aliphatic rings. The van der Waals surface area contributed by atoms with Gasteiger partial charge in [-0.25, -0.2) is 0 Å². The summed E-state index contributed by atoms with van der Waals surface area (Å²) in [6.45, 7) is 7.65. The Morgan fingerprint density at radius 2 is 1.89 bits per heavy atom. The molecule has 0 bridgehead atoms. The number of aliphatic hydroxyl groups excluding tert-OH is 2. The molecule has 10 nitrogen and oxygen atoms in total. The van der Waals surface area contributed by atoms with Gasteiger partial charge in [-0.1, -0.05) is 57.4 Å². The maximum Gasteiger partial charge on any atom is 0.245 e. The van der Waals surface area contributed by atoms with Crippen LogP contribution >= 0.6 is 0 Å². The summed E-state index contributed by atoms with van der Waals surface area (Å²) in [5.41, 5.74) is 0. The quantitative estimate of drug-likeness (QED) is 0.126. The first kappa shape index (κ1) is 33.0. The number of allylic oxidation sites excluding steroid dienone is 3. The normalized spacial score (nSPS) is 23.7. The first-order chi connectivity index (χ1) is 18.0. The zero-order valence-electron chi connectivity index (χ0n) is 23.1. The number of nitrogens with one attached hydrogen (secondary N) is 4. The van der Waals surface area contributed by atoms with Crippen molar-refractivity contribution >= 4 is 23.6 Å². The average molecular weight is 535 g/mol. The topological polar surface area (TPSA) is 157 Å². The molecule has 0 saturated heterocycles. The van der Waals surface area contributed by atoms with Crippen LogP contribution in [0.15, 0.2) is 36.5 Å². The predicted octanol–water partition coefficient (Wildman–Crippen LogP) is 1.39. The van der Waals surface area contributed by atoms with Gasteiger partial charge in [-0.05, 0) is 39.0 Å². The number of hydrogen-bond donors (Lipinski definition) is 6. The third-order valence-electron chi connectivity index (χ3n) is 6.03. The molecule has 1 aliphatic heterocycles. The van der Waals surface area contributed by atoms with Crippen LogP contribution in [0.3, 0.4) is 0 Å². The standard InChI is InChI=1S/C28H46N4O6/c1-19(2)12-10-8-6-5-7-9-11-13-25(36)32-26(21(4)33)28(38)31-23-18-22(34)16-17-29-24(35)15-14-20(3)30-27(23)37/h7,9,11,13-15,19-23,26,33-34H,5-6,8,10,12,16-18H2,1-4H3,(H,29,35)(H,30,37)(H,31,38)(H,32,36)/b9-7+,13-11+,15-14-/t20-,21+,22-,23-,26-/m0/s1. The number of rotatable bonds is 12. The Balaban J connectivity index is 2.70. The van der Waals surface area contributed by atoms with Crippen LogP contribution in [0.5, 0.6) is 0 Å². The number of unbranched alkanes of at least 4 members (excludes halogenated alkanes) is 3. The molecule has 0 radical (unpaired) electrons. The van der Waals surface area contributed by atoms with Crippen molar-refractivity contribution in [3.05, 3.63) is 36.5 Å². The van der Waals surface area contributed by atoms with Gasteiger partial charge in [0.1, 0.15) is 12.1 Å². The summed E-state index contributed by atoms with van der Waals surface area (Å²) < 4.78 is 0. The number of hydrogen-bond acceptors (Lipinski definition) is 6. The van der Waals surface area contributed by atoms with Crippen LogP contribution in [-0.4, -0.2) is 70.7 Å². The molecule has 10 heteroatoms. The van der Waals surface area contributed by atoms with E-state index in [0.717, 1.165) is 18.8 Å². The predicted molar refractivity (Wildman–Crippen MR) is 147 cm³/mol. The van der Waals surface area contributed by atoms with E-state index in [1.165, 1.54) is 44.4 Å². The van der Waals surface area contributed by atoms with Gasteiger partial charge in [-0.15, -0.1) is 0 Å². The van der Waals surface area contributed by atoms with Gasteiger partial charge in [0.05, 0.1) is 12.2 Å². The van der Waals surface area contributed by atoms with Gasteiger partial charge >= 0.3 is 0 Å². The zero-order valence-corrected chi connectivity index (χ0v) is 23.1. The Labute approximate surface area is 226 Å². The molecule has 0 unspecified atom stereocenters. The molecule has 6 N–H and O–H groups in total. The molecule has 0 fully saturated rings. The highest BCUT2D eigenvalue weighted by molar-refractivity contribution is 5.95. The highest BCUT2D eigenvalue weighted by Gasteiger charge is 2.31. The minimum atomic E-state index is -1.31. The molecule has 0 saturated carbocycles. The largest absolute Gasteiger partial charge is 0.393 e. The summed E-state index contributed by atoms with van der Waals surface area (Å²) >= 11 is 0. The minimum absolute atomic E-state index is 0.105. The van der Waals surface area contributed by atoms with Crippen molar-refractivity contribution in [1.82, 2.24) is 21.3 Å². The van der Waals surface area contributed by atoms with E-state index in [-0.39, 0.29) is 25.3 Å². The number of carbonyl (C=O) groups is 4. The van der Waals surface area contributed by atoms with Gasteiger partial charge < -0.3 is 31.5 Å². The lowest BCUT2D eigenvalue weighted by Gasteiger charge is -2.26. The van der Waals surface area contributed by atoms with E-state index in [2.05, 4.69) is 35.1 Å². The van der Waals surface area contributed by atoms with Crippen molar-refractivity contribution in [2.45, 2.75) is 103 Å². The lowest BCUT2D eigenvalue weighted by atomic mass is 10.0. The summed E-state index contributed by atoms with van der Waals surface area (Å²) in [5.74, 6) is -1.49.